The summed E-state index contributed by atoms with van der Waals surface area (Å²) in [5, 5.41) is 31.4. The van der Waals surface area contributed by atoms with E-state index in [1.54, 1.807) is 32.3 Å². The van der Waals surface area contributed by atoms with Crippen LogP contribution in [0, 0.1) is 6.92 Å². The first-order chi connectivity index (χ1) is 13.5. The van der Waals surface area contributed by atoms with Gasteiger partial charge in [-0.2, -0.15) is 0 Å². The number of aryl methyl sites for hydroxylation is 1. The van der Waals surface area contributed by atoms with Crippen molar-refractivity contribution >= 4 is 18.8 Å². The first kappa shape index (κ1) is 19.5. The Balaban J connectivity index is 1.65. The van der Waals surface area contributed by atoms with Crippen LogP contribution in [0.3, 0.4) is 0 Å². The normalized spacial score (nSPS) is 41.0. The Morgan fingerprint density at radius 3 is 2.72 bits per heavy atom. The zero-order valence-corrected chi connectivity index (χ0v) is 17.3. The van der Waals surface area contributed by atoms with Crippen molar-refractivity contribution in [2.45, 2.75) is 75.7 Å². The van der Waals surface area contributed by atoms with E-state index in [1.165, 1.54) is 6.33 Å². The highest BCUT2D eigenvalue weighted by Gasteiger charge is 2.72. The summed E-state index contributed by atoms with van der Waals surface area (Å²) >= 11 is 0. The van der Waals surface area contributed by atoms with Crippen LogP contribution in [0.15, 0.2) is 6.33 Å². The van der Waals surface area contributed by atoms with Gasteiger partial charge in [-0.15, -0.1) is 0 Å². The largest absolute Gasteiger partial charge is 0.393 e. The molecule has 2 saturated heterocycles. The van der Waals surface area contributed by atoms with Crippen LogP contribution in [0.1, 0.15) is 50.9 Å². The molecule has 0 radical (unpaired) electrons. The number of fused-ring (bicyclic) bond motifs is 6. The number of rotatable bonds is 4. The van der Waals surface area contributed by atoms with Crippen LogP contribution in [-0.4, -0.2) is 64.3 Å². The topological polar surface area (TPSA) is 152 Å². The molecule has 2 bridgehead atoms. The van der Waals surface area contributed by atoms with Gasteiger partial charge < -0.3 is 20.1 Å². The Labute approximate surface area is 166 Å². The first-order valence-electron chi connectivity index (χ1n) is 9.48. The lowest BCUT2D eigenvalue weighted by atomic mass is 9.83. The van der Waals surface area contributed by atoms with E-state index in [2.05, 4.69) is 15.0 Å². The van der Waals surface area contributed by atoms with Crippen LogP contribution >= 0.6 is 7.60 Å². The van der Waals surface area contributed by atoms with Crippen molar-refractivity contribution in [3.63, 3.8) is 0 Å². The van der Waals surface area contributed by atoms with Gasteiger partial charge in [-0.25, -0.2) is 15.0 Å². The van der Waals surface area contributed by atoms with Crippen molar-refractivity contribution < 1.29 is 33.7 Å². The number of nitrogens with zero attached hydrogens (tertiary/aromatic N) is 4. The second-order valence-electron chi connectivity index (χ2n) is 8.30. The molecule has 0 amide bonds. The smallest absolute Gasteiger partial charge is 0.387 e. The Morgan fingerprint density at radius 2 is 2.07 bits per heavy atom. The van der Waals surface area contributed by atoms with E-state index in [-0.39, 0.29) is 6.42 Å². The lowest BCUT2D eigenvalue weighted by Gasteiger charge is -2.39. The van der Waals surface area contributed by atoms with Crippen LogP contribution in [0.4, 0.5) is 0 Å². The monoisotopic (exact) mass is 426 g/mol. The molecule has 3 aliphatic rings. The Bertz CT molecular complexity index is 1060. The summed E-state index contributed by atoms with van der Waals surface area (Å²) in [5.41, 5.74) is -1.38. The SMILES string of the molecule is CCC1(O)OP1(=O)OC(C)(C)C1c2nc3c(C)ncnc3n2C2OC1C(O)[C@H]2O. The van der Waals surface area contributed by atoms with E-state index in [4.69, 9.17) is 13.8 Å². The van der Waals surface area contributed by atoms with Gasteiger partial charge in [0.05, 0.1) is 17.2 Å². The van der Waals surface area contributed by atoms with Gasteiger partial charge in [0.2, 0.25) is 0 Å². The number of imidazole rings is 1. The number of ether oxygens (including phenoxy) is 1. The van der Waals surface area contributed by atoms with Crippen molar-refractivity contribution in [2.75, 3.05) is 0 Å². The highest BCUT2D eigenvalue weighted by atomic mass is 31.2. The van der Waals surface area contributed by atoms with Crippen LogP contribution in [0.5, 0.6) is 0 Å². The minimum Gasteiger partial charge on any atom is -0.387 e. The van der Waals surface area contributed by atoms with Crippen LogP contribution in [0.25, 0.3) is 11.2 Å². The second-order valence-corrected chi connectivity index (χ2v) is 10.4. The van der Waals surface area contributed by atoms with Crippen LogP contribution in [-0.2, 0) is 18.3 Å². The molecule has 158 valence electrons. The van der Waals surface area contributed by atoms with E-state index in [0.29, 0.717) is 22.7 Å². The number of aliphatic hydroxyl groups is 3. The molecule has 2 aromatic heterocycles. The molecular formula is C17H23N4O7P. The highest BCUT2D eigenvalue weighted by molar-refractivity contribution is 7.61. The van der Waals surface area contributed by atoms with E-state index in [9.17, 15) is 19.9 Å². The van der Waals surface area contributed by atoms with Gasteiger partial charge in [-0.05, 0) is 20.8 Å². The van der Waals surface area contributed by atoms with E-state index < -0.39 is 49.2 Å². The third-order valence-electron chi connectivity index (χ3n) is 6.05. The molecule has 2 fully saturated rings. The third kappa shape index (κ3) is 2.46. The van der Waals surface area contributed by atoms with Gasteiger partial charge in [-0.1, -0.05) is 6.92 Å². The Kier molecular flexibility index (Phi) is 3.91. The summed E-state index contributed by atoms with van der Waals surface area (Å²) in [7, 11) is -3.75. The maximum Gasteiger partial charge on any atom is 0.393 e. The van der Waals surface area contributed by atoms with Crippen molar-refractivity contribution in [1.82, 2.24) is 19.5 Å². The Morgan fingerprint density at radius 1 is 1.34 bits per heavy atom. The summed E-state index contributed by atoms with van der Waals surface area (Å²) in [6.45, 7) is 6.76. The molecule has 29 heavy (non-hydrogen) atoms. The second kappa shape index (κ2) is 5.82. The zero-order chi connectivity index (χ0) is 20.9. The maximum absolute atomic E-state index is 12.9. The molecule has 6 unspecified atom stereocenters. The molecule has 11 nitrogen and oxygen atoms in total. The van der Waals surface area contributed by atoms with Crippen LogP contribution in [0.2, 0.25) is 0 Å². The number of hydrogen-bond donors (Lipinski definition) is 3. The molecule has 12 heteroatoms. The highest BCUT2D eigenvalue weighted by Crippen LogP contribution is 2.80. The van der Waals surface area contributed by atoms with Gasteiger partial charge >= 0.3 is 7.60 Å². The standard InChI is InChI=1S/C17H23N4O7P/c1-5-17(24)28-29(17,25)27-16(3,4)8-12-10(22)11(23)15(26-12)21-13(8)20-9-7(2)18-6-19-14(9)21/h6,8,10-12,15,22-24H,5H2,1-4H3/t8?,10?,11-,12?,15?,17?,29?/m1/s1. The summed E-state index contributed by atoms with van der Waals surface area (Å²) in [6, 6.07) is 0. The fraction of sp³-hybridized carbons (Fsp3) is 0.706. The lowest BCUT2D eigenvalue weighted by Crippen LogP contribution is -2.46. The number of hydrogen-bond acceptors (Lipinski definition) is 10. The predicted molar refractivity (Wildman–Crippen MR) is 97.8 cm³/mol. The summed E-state index contributed by atoms with van der Waals surface area (Å²) < 4.78 is 31.3. The quantitative estimate of drug-likeness (QED) is 0.475. The fourth-order valence-electron chi connectivity index (χ4n) is 4.42. The van der Waals surface area contributed by atoms with Crippen LogP contribution < -0.4 is 0 Å². The molecule has 2 aromatic rings. The summed E-state index contributed by atoms with van der Waals surface area (Å²) in [6.07, 6.45) is -2.63. The summed E-state index contributed by atoms with van der Waals surface area (Å²) in [4.78, 5) is 13.1. The van der Waals surface area contributed by atoms with Crippen molar-refractivity contribution in [3.05, 3.63) is 17.8 Å². The van der Waals surface area contributed by atoms with E-state index in [1.807, 2.05) is 0 Å². The van der Waals surface area contributed by atoms with Crippen molar-refractivity contribution in [2.24, 2.45) is 0 Å². The van der Waals surface area contributed by atoms with Gasteiger partial charge in [0.15, 0.2) is 11.9 Å². The average molecular weight is 426 g/mol. The van der Waals surface area contributed by atoms with Gasteiger partial charge in [0.1, 0.15) is 36.0 Å². The molecule has 0 spiro atoms. The van der Waals surface area contributed by atoms with Gasteiger partial charge in [0.25, 0.3) is 5.53 Å². The van der Waals surface area contributed by atoms with Crippen molar-refractivity contribution in [1.29, 1.82) is 0 Å². The zero-order valence-electron chi connectivity index (χ0n) is 16.4. The van der Waals surface area contributed by atoms with E-state index >= 15 is 0 Å². The molecule has 7 atom stereocenters. The molecule has 0 saturated carbocycles. The minimum absolute atomic E-state index is 0.113. The minimum atomic E-state index is -3.75. The number of aliphatic hydroxyl groups excluding tert-OH is 2. The molecule has 5 rings (SSSR count). The Hall–Kier alpha value is -1.46. The number of aromatic nitrogens is 4. The molecular weight excluding hydrogens is 403 g/mol. The average Bonchev–Trinajstić information content (AvgIpc) is 2.92. The molecule has 0 aliphatic carbocycles. The lowest BCUT2D eigenvalue weighted by molar-refractivity contribution is -0.0995. The maximum atomic E-state index is 12.9. The van der Waals surface area contributed by atoms with E-state index in [0.717, 1.165) is 0 Å². The van der Waals surface area contributed by atoms with Gasteiger partial charge in [-0.3, -0.25) is 18.2 Å². The molecule has 3 N–H and O–H groups in total. The van der Waals surface area contributed by atoms with Crippen molar-refractivity contribution in [3.8, 4) is 0 Å². The third-order valence-corrected chi connectivity index (χ3v) is 8.40. The first-order valence-corrected chi connectivity index (χ1v) is 11.0. The molecule has 0 aromatic carbocycles. The molecule has 5 heterocycles. The van der Waals surface area contributed by atoms with Gasteiger partial charge in [0, 0.05) is 6.42 Å². The predicted octanol–water partition coefficient (Wildman–Crippen LogP) is 0.926. The summed E-state index contributed by atoms with van der Waals surface area (Å²) in [5.74, 6) is -0.255. The molecule has 3 aliphatic heterocycles. The fourth-order valence-corrected chi connectivity index (χ4v) is 6.40.